The van der Waals surface area contributed by atoms with Gasteiger partial charge in [-0.05, 0) is 50.3 Å². The Kier molecular flexibility index (Phi) is 11.3. The Morgan fingerprint density at radius 3 is 2.52 bits per heavy atom. The molecular weight excluding hydrogens is 503 g/mol. The van der Waals surface area contributed by atoms with Gasteiger partial charge in [-0.25, -0.2) is 9.98 Å². The fraction of sp³-hybridized carbons (Fsp3) is 0.739. The van der Waals surface area contributed by atoms with Crippen LogP contribution in [0.2, 0.25) is 0 Å². The van der Waals surface area contributed by atoms with E-state index in [-0.39, 0.29) is 24.0 Å². The first-order valence-corrected chi connectivity index (χ1v) is 11.5. The second-order valence-corrected chi connectivity index (χ2v) is 8.81. The van der Waals surface area contributed by atoms with Crippen LogP contribution in [-0.2, 0) is 11.3 Å². The molecule has 2 fully saturated rings. The highest BCUT2D eigenvalue weighted by Crippen LogP contribution is 2.40. The van der Waals surface area contributed by atoms with Gasteiger partial charge in [0.2, 0.25) is 0 Å². The van der Waals surface area contributed by atoms with Crippen LogP contribution in [0.3, 0.4) is 0 Å². The molecule has 0 amide bonds. The van der Waals surface area contributed by atoms with Crippen molar-refractivity contribution in [3.63, 3.8) is 0 Å². The molecule has 1 aromatic heterocycles. The number of aliphatic imine (C=N–C) groups is 1. The highest BCUT2D eigenvalue weighted by Gasteiger charge is 2.33. The van der Waals surface area contributed by atoms with Crippen molar-refractivity contribution < 1.29 is 4.74 Å². The Bertz CT molecular complexity index is 655. The molecule has 0 spiro atoms. The summed E-state index contributed by atoms with van der Waals surface area (Å²) in [5, 5.41) is 6.99. The average Bonchev–Trinajstić information content (AvgIpc) is 3.24. The van der Waals surface area contributed by atoms with Gasteiger partial charge < -0.3 is 25.2 Å². The lowest BCUT2D eigenvalue weighted by Gasteiger charge is -2.33. The highest BCUT2D eigenvalue weighted by atomic mass is 127. The summed E-state index contributed by atoms with van der Waals surface area (Å²) in [4.78, 5) is 14.2. The number of nitrogens with zero attached hydrogens (tertiary/aromatic N) is 4. The van der Waals surface area contributed by atoms with Crippen LogP contribution >= 0.6 is 24.0 Å². The predicted octanol–water partition coefficient (Wildman–Crippen LogP) is 3.10. The fourth-order valence-corrected chi connectivity index (χ4v) is 4.47. The van der Waals surface area contributed by atoms with Gasteiger partial charge in [-0.15, -0.1) is 24.0 Å². The number of nitrogens with one attached hydrogen (secondary N) is 2. The SMILES string of the molecule is CCNC(=NCc1ccc(N2CCN(C)CC2)nc1)NCC1(CCOC)CCCC1.I. The number of methoxy groups -OCH3 is 1. The van der Waals surface area contributed by atoms with Crippen molar-refractivity contribution in [2.75, 3.05) is 64.9 Å². The van der Waals surface area contributed by atoms with E-state index in [1.54, 1.807) is 7.11 Å². The van der Waals surface area contributed by atoms with Crippen molar-refractivity contribution in [2.24, 2.45) is 10.4 Å². The largest absolute Gasteiger partial charge is 0.385 e. The molecule has 0 atom stereocenters. The van der Waals surface area contributed by atoms with Gasteiger partial charge in [0.25, 0.3) is 0 Å². The lowest BCUT2D eigenvalue weighted by atomic mass is 9.83. The molecule has 7 nitrogen and oxygen atoms in total. The topological polar surface area (TPSA) is 65.0 Å². The van der Waals surface area contributed by atoms with Gasteiger partial charge in [0.1, 0.15) is 5.82 Å². The number of pyridine rings is 1. The molecule has 2 heterocycles. The summed E-state index contributed by atoms with van der Waals surface area (Å²) in [7, 11) is 3.97. The van der Waals surface area contributed by atoms with Gasteiger partial charge in [-0.3, -0.25) is 0 Å². The lowest BCUT2D eigenvalue weighted by molar-refractivity contribution is 0.138. The molecule has 1 aliphatic carbocycles. The van der Waals surface area contributed by atoms with E-state index >= 15 is 0 Å². The summed E-state index contributed by atoms with van der Waals surface area (Å²) in [6.45, 7) is 9.67. The zero-order valence-corrected chi connectivity index (χ0v) is 21.9. The van der Waals surface area contributed by atoms with E-state index in [9.17, 15) is 0 Å². The van der Waals surface area contributed by atoms with E-state index in [4.69, 9.17) is 9.73 Å². The number of hydrogen-bond donors (Lipinski definition) is 2. The van der Waals surface area contributed by atoms with Crippen molar-refractivity contribution >= 4 is 35.8 Å². The second kappa shape index (κ2) is 13.4. The number of piperazine rings is 1. The smallest absolute Gasteiger partial charge is 0.191 e. The van der Waals surface area contributed by atoms with Crippen LogP contribution in [0.25, 0.3) is 0 Å². The van der Waals surface area contributed by atoms with Crippen LogP contribution in [0.15, 0.2) is 23.3 Å². The summed E-state index contributed by atoms with van der Waals surface area (Å²) in [6.07, 6.45) is 8.29. The Hall–Kier alpha value is -1.13. The Balaban J connectivity index is 0.00000341. The summed E-state index contributed by atoms with van der Waals surface area (Å²) in [5.41, 5.74) is 1.48. The van der Waals surface area contributed by atoms with Crippen molar-refractivity contribution in [1.82, 2.24) is 20.5 Å². The third-order valence-corrected chi connectivity index (χ3v) is 6.53. The molecule has 31 heavy (non-hydrogen) atoms. The zero-order chi connectivity index (χ0) is 21.2. The molecule has 0 unspecified atom stereocenters. The van der Waals surface area contributed by atoms with E-state index in [0.717, 1.165) is 69.6 Å². The van der Waals surface area contributed by atoms with Crippen LogP contribution in [0.5, 0.6) is 0 Å². The van der Waals surface area contributed by atoms with Crippen LogP contribution in [-0.4, -0.2) is 75.9 Å². The molecule has 3 rings (SSSR count). The summed E-state index contributed by atoms with van der Waals surface area (Å²) >= 11 is 0. The van der Waals surface area contributed by atoms with Gasteiger partial charge in [-0.1, -0.05) is 18.9 Å². The Morgan fingerprint density at radius 1 is 1.16 bits per heavy atom. The maximum absolute atomic E-state index is 5.36. The van der Waals surface area contributed by atoms with Crippen LogP contribution in [0, 0.1) is 5.41 Å². The van der Waals surface area contributed by atoms with Gasteiger partial charge in [-0.2, -0.15) is 0 Å². The molecule has 176 valence electrons. The van der Waals surface area contributed by atoms with Gasteiger partial charge >= 0.3 is 0 Å². The van der Waals surface area contributed by atoms with Crippen LogP contribution in [0.1, 0.15) is 44.6 Å². The van der Waals surface area contributed by atoms with Crippen molar-refractivity contribution in [3.8, 4) is 0 Å². The Morgan fingerprint density at radius 2 is 1.90 bits per heavy atom. The van der Waals surface area contributed by atoms with Gasteiger partial charge in [0, 0.05) is 59.2 Å². The first-order valence-electron chi connectivity index (χ1n) is 11.5. The van der Waals surface area contributed by atoms with E-state index < -0.39 is 0 Å². The predicted molar refractivity (Wildman–Crippen MR) is 140 cm³/mol. The molecule has 8 heteroatoms. The average molecular weight is 545 g/mol. The summed E-state index contributed by atoms with van der Waals surface area (Å²) in [6, 6.07) is 4.29. The molecule has 0 aromatic carbocycles. The minimum absolute atomic E-state index is 0. The van der Waals surface area contributed by atoms with Crippen LogP contribution < -0.4 is 15.5 Å². The first-order chi connectivity index (χ1) is 14.6. The minimum atomic E-state index is 0. The molecule has 1 saturated heterocycles. The first kappa shape index (κ1) is 26.1. The summed E-state index contributed by atoms with van der Waals surface area (Å²) < 4.78 is 5.36. The van der Waals surface area contributed by atoms with Crippen molar-refractivity contribution in [3.05, 3.63) is 23.9 Å². The number of likely N-dealkylation sites (N-methyl/N-ethyl adjacent to an activating group) is 1. The Labute approximate surface area is 205 Å². The number of anilines is 1. The number of aromatic nitrogens is 1. The van der Waals surface area contributed by atoms with Gasteiger partial charge in [0.05, 0.1) is 6.54 Å². The van der Waals surface area contributed by atoms with Crippen molar-refractivity contribution in [1.29, 1.82) is 0 Å². The number of guanidine groups is 1. The fourth-order valence-electron chi connectivity index (χ4n) is 4.47. The number of hydrogen-bond acceptors (Lipinski definition) is 5. The second-order valence-electron chi connectivity index (χ2n) is 8.81. The molecule has 1 aromatic rings. The number of ether oxygens (including phenoxy) is 1. The lowest BCUT2D eigenvalue weighted by Crippen LogP contribution is -2.44. The highest BCUT2D eigenvalue weighted by molar-refractivity contribution is 14.0. The van der Waals surface area contributed by atoms with Crippen LogP contribution in [0.4, 0.5) is 5.82 Å². The molecule has 2 aliphatic rings. The molecule has 1 saturated carbocycles. The van der Waals surface area contributed by atoms with E-state index in [2.05, 4.69) is 51.5 Å². The zero-order valence-electron chi connectivity index (χ0n) is 19.5. The maximum atomic E-state index is 5.36. The minimum Gasteiger partial charge on any atom is -0.385 e. The third-order valence-electron chi connectivity index (χ3n) is 6.53. The van der Waals surface area contributed by atoms with E-state index in [1.807, 2.05) is 6.20 Å². The molecule has 0 radical (unpaired) electrons. The number of rotatable bonds is 9. The number of halogens is 1. The monoisotopic (exact) mass is 544 g/mol. The van der Waals surface area contributed by atoms with E-state index in [1.165, 1.54) is 25.7 Å². The molecule has 1 aliphatic heterocycles. The quantitative estimate of drug-likeness (QED) is 0.283. The standard InChI is InChI=1S/C23H40N6O.HI/c1-4-24-22(27-19-23(11-16-30-3)9-5-6-10-23)26-18-20-7-8-21(25-17-20)29-14-12-28(2)13-15-29;/h7-8,17H,4-6,9-16,18-19H2,1-3H3,(H2,24,26,27);1H. The van der Waals surface area contributed by atoms with Gasteiger partial charge in [0.15, 0.2) is 5.96 Å². The normalized spacial score (nSPS) is 19.2. The molecule has 2 N–H and O–H groups in total. The maximum Gasteiger partial charge on any atom is 0.191 e. The van der Waals surface area contributed by atoms with Crippen molar-refractivity contribution in [2.45, 2.75) is 45.6 Å². The molecule has 0 bridgehead atoms. The third kappa shape index (κ3) is 8.05. The van der Waals surface area contributed by atoms with E-state index in [0.29, 0.717) is 12.0 Å². The molecular formula is C23H41IN6O. The summed E-state index contributed by atoms with van der Waals surface area (Å²) in [5.74, 6) is 1.96.